The Kier molecular flexibility index (Phi) is 3.31. The fourth-order valence-electron chi connectivity index (χ4n) is 0.855. The number of nitrogens with zero attached hydrogens (tertiary/aromatic N) is 1. The number of aromatic nitrogens is 1. The molecule has 0 unspecified atom stereocenters. The highest BCUT2D eigenvalue weighted by Crippen LogP contribution is 2.21. The maximum absolute atomic E-state index is 13.0. The Morgan fingerprint density at radius 2 is 2.00 bits per heavy atom. The minimum Gasteiger partial charge on any atom is -0.465 e. The van der Waals surface area contributed by atoms with Gasteiger partial charge < -0.3 is 9.47 Å². The molecule has 16 heavy (non-hydrogen) atoms. The molecule has 0 aliphatic heterocycles. The standard InChI is InChI=1S/C8H5F4NO3/c1-15-7(14)4-2-3-5(13-6(4)9)16-8(10,11)12/h2-3H,1H3. The molecule has 0 aromatic carbocycles. The van der Waals surface area contributed by atoms with Crippen LogP contribution in [0.3, 0.4) is 0 Å². The molecular weight excluding hydrogens is 234 g/mol. The van der Waals surface area contributed by atoms with Crippen LogP contribution in [0.25, 0.3) is 0 Å². The number of halogens is 4. The molecule has 0 radical (unpaired) electrons. The van der Waals surface area contributed by atoms with E-state index in [1.54, 1.807) is 0 Å². The minimum atomic E-state index is -4.97. The summed E-state index contributed by atoms with van der Waals surface area (Å²) in [5.74, 6) is -3.42. The third-order valence-corrected chi connectivity index (χ3v) is 1.45. The van der Waals surface area contributed by atoms with E-state index in [2.05, 4.69) is 14.5 Å². The van der Waals surface area contributed by atoms with Crippen LogP contribution in [0.1, 0.15) is 10.4 Å². The molecule has 88 valence electrons. The molecule has 0 fully saturated rings. The number of hydrogen-bond donors (Lipinski definition) is 0. The normalized spacial score (nSPS) is 11.1. The Hall–Kier alpha value is -1.86. The van der Waals surface area contributed by atoms with Crippen molar-refractivity contribution >= 4 is 5.97 Å². The van der Waals surface area contributed by atoms with Gasteiger partial charge in [-0.2, -0.15) is 9.37 Å². The quantitative estimate of drug-likeness (QED) is 0.449. The first-order valence-electron chi connectivity index (χ1n) is 3.84. The Balaban J connectivity index is 2.96. The van der Waals surface area contributed by atoms with Crippen LogP contribution in [0.4, 0.5) is 17.6 Å². The third-order valence-electron chi connectivity index (χ3n) is 1.45. The van der Waals surface area contributed by atoms with Gasteiger partial charge in [0, 0.05) is 6.07 Å². The molecule has 4 nitrogen and oxygen atoms in total. The van der Waals surface area contributed by atoms with E-state index >= 15 is 0 Å². The van der Waals surface area contributed by atoms with Gasteiger partial charge in [-0.1, -0.05) is 0 Å². The fourth-order valence-corrected chi connectivity index (χ4v) is 0.855. The molecule has 0 N–H and O–H groups in total. The number of carbonyl (C=O) groups is 1. The Labute approximate surface area is 86.8 Å². The minimum absolute atomic E-state index is 0.572. The van der Waals surface area contributed by atoms with Crippen molar-refractivity contribution in [2.24, 2.45) is 0 Å². The maximum atomic E-state index is 13.0. The van der Waals surface area contributed by atoms with E-state index in [0.29, 0.717) is 6.07 Å². The first-order valence-corrected chi connectivity index (χ1v) is 3.84. The van der Waals surface area contributed by atoms with Crippen LogP contribution in [0.5, 0.6) is 5.88 Å². The molecule has 0 bridgehead atoms. The lowest BCUT2D eigenvalue weighted by Crippen LogP contribution is -2.18. The number of pyridine rings is 1. The van der Waals surface area contributed by atoms with Crippen LogP contribution in [0, 0.1) is 5.95 Å². The Morgan fingerprint density at radius 3 is 2.44 bits per heavy atom. The smallest absolute Gasteiger partial charge is 0.465 e. The summed E-state index contributed by atoms with van der Waals surface area (Å²) in [6.45, 7) is 0. The van der Waals surface area contributed by atoms with Crippen LogP contribution in [0.2, 0.25) is 0 Å². The van der Waals surface area contributed by atoms with Gasteiger partial charge in [-0.3, -0.25) is 0 Å². The highest BCUT2D eigenvalue weighted by molar-refractivity contribution is 5.89. The van der Waals surface area contributed by atoms with Gasteiger partial charge in [0.05, 0.1) is 7.11 Å². The van der Waals surface area contributed by atoms with E-state index in [1.807, 2.05) is 0 Å². The number of methoxy groups -OCH3 is 1. The fraction of sp³-hybridized carbons (Fsp3) is 0.250. The molecule has 1 heterocycles. The van der Waals surface area contributed by atoms with Gasteiger partial charge in [0.15, 0.2) is 0 Å². The summed E-state index contributed by atoms with van der Waals surface area (Å²) in [6, 6.07) is 1.50. The van der Waals surface area contributed by atoms with Gasteiger partial charge in [-0.05, 0) is 6.07 Å². The van der Waals surface area contributed by atoms with Gasteiger partial charge >= 0.3 is 12.3 Å². The largest absolute Gasteiger partial charge is 0.574 e. The summed E-state index contributed by atoms with van der Waals surface area (Å²) >= 11 is 0. The lowest BCUT2D eigenvalue weighted by molar-refractivity contribution is -0.276. The second kappa shape index (κ2) is 4.33. The molecule has 0 spiro atoms. The summed E-state index contributed by atoms with van der Waals surface area (Å²) in [4.78, 5) is 13.7. The van der Waals surface area contributed by atoms with Crippen molar-refractivity contribution in [2.75, 3.05) is 7.11 Å². The Morgan fingerprint density at radius 1 is 1.38 bits per heavy atom. The van der Waals surface area contributed by atoms with Crippen LogP contribution < -0.4 is 4.74 Å². The van der Waals surface area contributed by atoms with Crippen LogP contribution in [-0.2, 0) is 4.74 Å². The second-order valence-corrected chi connectivity index (χ2v) is 2.53. The molecule has 0 saturated carbocycles. The highest BCUT2D eigenvalue weighted by Gasteiger charge is 2.32. The molecular formula is C8H5F4NO3. The molecule has 1 aromatic heterocycles. The van der Waals surface area contributed by atoms with Crippen molar-refractivity contribution in [1.82, 2.24) is 4.98 Å². The van der Waals surface area contributed by atoms with Gasteiger partial charge in [0.1, 0.15) is 5.56 Å². The zero-order chi connectivity index (χ0) is 12.3. The lowest BCUT2D eigenvalue weighted by atomic mass is 10.3. The molecule has 0 atom stereocenters. The number of rotatable bonds is 2. The van der Waals surface area contributed by atoms with Crippen molar-refractivity contribution in [3.05, 3.63) is 23.6 Å². The molecule has 0 aliphatic carbocycles. The average molecular weight is 239 g/mol. The second-order valence-electron chi connectivity index (χ2n) is 2.53. The van der Waals surface area contributed by atoms with E-state index in [9.17, 15) is 22.4 Å². The van der Waals surface area contributed by atoms with Crippen molar-refractivity contribution < 1.29 is 31.8 Å². The zero-order valence-electron chi connectivity index (χ0n) is 7.84. The number of ether oxygens (including phenoxy) is 2. The van der Waals surface area contributed by atoms with Gasteiger partial charge in [0.25, 0.3) is 0 Å². The van der Waals surface area contributed by atoms with Crippen molar-refractivity contribution in [3.8, 4) is 5.88 Å². The summed E-state index contributed by atoms with van der Waals surface area (Å²) in [5.41, 5.74) is -0.572. The SMILES string of the molecule is COC(=O)c1ccc(OC(F)(F)F)nc1F. The number of alkyl halides is 3. The molecule has 0 amide bonds. The van der Waals surface area contributed by atoms with E-state index < -0.39 is 29.7 Å². The topological polar surface area (TPSA) is 48.4 Å². The number of esters is 1. The van der Waals surface area contributed by atoms with E-state index in [0.717, 1.165) is 13.2 Å². The predicted molar refractivity (Wildman–Crippen MR) is 42.2 cm³/mol. The van der Waals surface area contributed by atoms with Crippen molar-refractivity contribution in [3.63, 3.8) is 0 Å². The number of carbonyl (C=O) groups excluding carboxylic acids is 1. The van der Waals surface area contributed by atoms with Crippen molar-refractivity contribution in [1.29, 1.82) is 0 Å². The first kappa shape index (κ1) is 12.2. The molecule has 0 aliphatic rings. The lowest BCUT2D eigenvalue weighted by Gasteiger charge is -2.08. The average Bonchev–Trinajstić information content (AvgIpc) is 2.14. The first-order chi connectivity index (χ1) is 7.33. The van der Waals surface area contributed by atoms with Gasteiger partial charge in [-0.25, -0.2) is 4.79 Å². The monoisotopic (exact) mass is 239 g/mol. The van der Waals surface area contributed by atoms with Crippen LogP contribution in [0.15, 0.2) is 12.1 Å². The third kappa shape index (κ3) is 3.07. The summed E-state index contributed by atoms with van der Waals surface area (Å²) in [5, 5.41) is 0. The van der Waals surface area contributed by atoms with Crippen LogP contribution in [-0.4, -0.2) is 24.4 Å². The summed E-state index contributed by atoms with van der Waals surface area (Å²) < 4.78 is 55.7. The Bertz CT molecular complexity index is 405. The molecule has 1 aromatic rings. The maximum Gasteiger partial charge on any atom is 0.574 e. The highest BCUT2D eigenvalue weighted by atomic mass is 19.4. The van der Waals surface area contributed by atoms with E-state index in [-0.39, 0.29) is 0 Å². The van der Waals surface area contributed by atoms with E-state index in [4.69, 9.17) is 0 Å². The van der Waals surface area contributed by atoms with Gasteiger partial charge in [0.2, 0.25) is 11.8 Å². The summed E-state index contributed by atoms with van der Waals surface area (Å²) in [7, 11) is 1.00. The molecule has 8 heteroatoms. The molecule has 1 rings (SSSR count). The van der Waals surface area contributed by atoms with Crippen LogP contribution >= 0.6 is 0 Å². The predicted octanol–water partition coefficient (Wildman–Crippen LogP) is 1.91. The number of hydrogen-bond acceptors (Lipinski definition) is 4. The van der Waals surface area contributed by atoms with Crippen molar-refractivity contribution in [2.45, 2.75) is 6.36 Å². The zero-order valence-corrected chi connectivity index (χ0v) is 7.84. The molecule has 0 saturated heterocycles. The van der Waals surface area contributed by atoms with Gasteiger partial charge in [-0.15, -0.1) is 13.2 Å². The summed E-state index contributed by atoms with van der Waals surface area (Å²) in [6.07, 6.45) is -4.97. The van der Waals surface area contributed by atoms with E-state index in [1.165, 1.54) is 0 Å².